The molecule has 2 rings (SSSR count). The van der Waals surface area contributed by atoms with Crippen LogP contribution < -0.4 is 5.32 Å². The van der Waals surface area contributed by atoms with Gasteiger partial charge in [-0.15, -0.1) is 11.3 Å². The number of hydrogen-bond donors (Lipinski definition) is 1. The first kappa shape index (κ1) is 12.0. The van der Waals surface area contributed by atoms with Gasteiger partial charge in [0.1, 0.15) is 5.69 Å². The monoisotopic (exact) mass is 302 g/mol. The molecule has 5 heteroatoms. The highest BCUT2D eigenvalue weighted by Gasteiger charge is 2.17. The summed E-state index contributed by atoms with van der Waals surface area (Å²) in [5.74, 6) is -0.0335. The molecular formula is C11H15BrN2OS. The smallest absolute Gasteiger partial charge is 0.271 e. The minimum absolute atomic E-state index is 0.0335. The fourth-order valence-electron chi connectivity index (χ4n) is 2.04. The van der Waals surface area contributed by atoms with Gasteiger partial charge in [-0.25, -0.2) is 4.98 Å². The lowest BCUT2D eigenvalue weighted by Gasteiger charge is -2.14. The van der Waals surface area contributed by atoms with Crippen molar-refractivity contribution in [3.63, 3.8) is 0 Å². The van der Waals surface area contributed by atoms with E-state index in [0.717, 1.165) is 16.8 Å². The minimum atomic E-state index is -0.0335. The molecule has 3 nitrogen and oxygen atoms in total. The molecule has 1 aliphatic carbocycles. The van der Waals surface area contributed by atoms with Crippen molar-refractivity contribution >= 4 is 33.2 Å². The van der Waals surface area contributed by atoms with E-state index in [9.17, 15) is 4.79 Å². The van der Waals surface area contributed by atoms with Gasteiger partial charge in [-0.05, 0) is 28.8 Å². The van der Waals surface area contributed by atoms with Gasteiger partial charge in [-0.2, -0.15) is 0 Å². The Kier molecular flexibility index (Phi) is 4.35. The maximum atomic E-state index is 11.9. The Morgan fingerprint density at radius 3 is 2.62 bits per heavy atom. The van der Waals surface area contributed by atoms with Crippen molar-refractivity contribution in [1.29, 1.82) is 0 Å². The third-order valence-corrected chi connectivity index (χ3v) is 4.26. The average molecular weight is 303 g/mol. The van der Waals surface area contributed by atoms with Crippen molar-refractivity contribution in [3.05, 3.63) is 15.0 Å². The maximum Gasteiger partial charge on any atom is 0.271 e. The Bertz CT molecular complexity index is 359. The molecule has 1 saturated carbocycles. The molecule has 1 N–H and O–H groups in total. The fourth-order valence-corrected chi connectivity index (χ4v) is 3.03. The van der Waals surface area contributed by atoms with Crippen LogP contribution in [-0.2, 0) is 0 Å². The normalized spacial score (nSPS) is 18.1. The van der Waals surface area contributed by atoms with Gasteiger partial charge in [0.25, 0.3) is 5.91 Å². The van der Waals surface area contributed by atoms with Gasteiger partial charge in [0, 0.05) is 11.4 Å². The lowest BCUT2D eigenvalue weighted by Crippen LogP contribution is -2.34. The first-order chi connectivity index (χ1) is 7.75. The van der Waals surface area contributed by atoms with Crippen molar-refractivity contribution in [3.8, 4) is 0 Å². The van der Waals surface area contributed by atoms with E-state index in [4.69, 9.17) is 0 Å². The van der Waals surface area contributed by atoms with E-state index in [1.165, 1.54) is 37.0 Å². The van der Waals surface area contributed by atoms with Gasteiger partial charge < -0.3 is 5.32 Å². The topological polar surface area (TPSA) is 42.0 Å². The third kappa shape index (κ3) is 3.28. The summed E-state index contributed by atoms with van der Waals surface area (Å²) in [5.41, 5.74) is 0.529. The number of nitrogens with one attached hydrogen (secondary N) is 1. The zero-order valence-electron chi connectivity index (χ0n) is 9.04. The Morgan fingerprint density at radius 1 is 1.38 bits per heavy atom. The van der Waals surface area contributed by atoms with E-state index in [2.05, 4.69) is 26.2 Å². The van der Waals surface area contributed by atoms with Crippen molar-refractivity contribution in [2.75, 3.05) is 0 Å². The molecule has 0 aliphatic heterocycles. The number of carbonyl (C=O) groups is 1. The number of amides is 1. The van der Waals surface area contributed by atoms with Crippen molar-refractivity contribution in [2.24, 2.45) is 0 Å². The quantitative estimate of drug-likeness (QED) is 0.851. The third-order valence-electron chi connectivity index (χ3n) is 2.90. The van der Waals surface area contributed by atoms with Crippen LogP contribution in [0.5, 0.6) is 0 Å². The van der Waals surface area contributed by atoms with E-state index in [1.54, 1.807) is 5.38 Å². The van der Waals surface area contributed by atoms with Crippen LogP contribution in [-0.4, -0.2) is 16.9 Å². The second kappa shape index (κ2) is 5.77. The van der Waals surface area contributed by atoms with Gasteiger partial charge in [0.2, 0.25) is 0 Å². The van der Waals surface area contributed by atoms with Crippen molar-refractivity contribution in [2.45, 2.75) is 44.6 Å². The molecule has 1 aromatic rings. The zero-order chi connectivity index (χ0) is 11.4. The number of thiazole rings is 1. The Labute approximate surface area is 108 Å². The molecule has 1 aromatic heterocycles. The molecule has 88 valence electrons. The van der Waals surface area contributed by atoms with Crippen LogP contribution in [0, 0.1) is 0 Å². The summed E-state index contributed by atoms with van der Waals surface area (Å²) >= 11 is 4.71. The maximum absolute atomic E-state index is 11.9. The molecule has 0 spiro atoms. The molecular weight excluding hydrogens is 288 g/mol. The van der Waals surface area contributed by atoms with E-state index in [-0.39, 0.29) is 5.91 Å². The summed E-state index contributed by atoms with van der Waals surface area (Å²) in [4.78, 5) is 16.0. The van der Waals surface area contributed by atoms with Crippen LogP contribution in [0.2, 0.25) is 0 Å². The predicted molar refractivity (Wildman–Crippen MR) is 68.8 cm³/mol. The van der Waals surface area contributed by atoms with Crippen LogP contribution >= 0.6 is 27.3 Å². The lowest BCUT2D eigenvalue weighted by molar-refractivity contribution is 0.0929. The number of hydrogen-bond acceptors (Lipinski definition) is 3. The zero-order valence-corrected chi connectivity index (χ0v) is 11.4. The first-order valence-electron chi connectivity index (χ1n) is 5.67. The molecule has 0 unspecified atom stereocenters. The summed E-state index contributed by atoms with van der Waals surface area (Å²) in [6.07, 6.45) is 7.27. The Balaban J connectivity index is 1.90. The highest BCUT2D eigenvalue weighted by molar-refractivity contribution is 9.11. The summed E-state index contributed by atoms with van der Waals surface area (Å²) < 4.78 is 0.763. The molecule has 16 heavy (non-hydrogen) atoms. The molecule has 0 saturated heterocycles. The highest BCUT2D eigenvalue weighted by atomic mass is 79.9. The average Bonchev–Trinajstić information content (AvgIpc) is 2.54. The Morgan fingerprint density at radius 2 is 2.06 bits per heavy atom. The lowest BCUT2D eigenvalue weighted by atomic mass is 10.1. The standard InChI is InChI=1S/C11H15BrN2OS/c12-11-14-9(7-16-11)10(15)13-8-5-3-1-2-4-6-8/h7-8H,1-6H2,(H,13,15). The second-order valence-electron chi connectivity index (χ2n) is 4.15. The number of aromatic nitrogens is 1. The second-order valence-corrected chi connectivity index (χ2v) is 6.28. The van der Waals surface area contributed by atoms with Crippen LogP contribution in [0.4, 0.5) is 0 Å². The molecule has 1 fully saturated rings. The molecule has 1 aliphatic rings. The summed E-state index contributed by atoms with van der Waals surface area (Å²) in [6, 6.07) is 0.343. The summed E-state index contributed by atoms with van der Waals surface area (Å²) in [5, 5.41) is 4.86. The molecule has 0 bridgehead atoms. The van der Waals surface area contributed by atoms with Crippen molar-refractivity contribution < 1.29 is 4.79 Å². The van der Waals surface area contributed by atoms with Crippen LogP contribution in [0.25, 0.3) is 0 Å². The number of carbonyl (C=O) groups excluding carboxylic acids is 1. The van der Waals surface area contributed by atoms with Gasteiger partial charge in [-0.1, -0.05) is 25.7 Å². The van der Waals surface area contributed by atoms with Gasteiger partial charge >= 0.3 is 0 Å². The Hall–Kier alpha value is -0.420. The van der Waals surface area contributed by atoms with Gasteiger partial charge in [0.05, 0.1) is 0 Å². The van der Waals surface area contributed by atoms with Crippen LogP contribution in [0.1, 0.15) is 49.0 Å². The number of halogens is 1. The van der Waals surface area contributed by atoms with E-state index in [1.807, 2.05) is 0 Å². The first-order valence-corrected chi connectivity index (χ1v) is 7.35. The van der Waals surface area contributed by atoms with Crippen LogP contribution in [0.3, 0.4) is 0 Å². The highest BCUT2D eigenvalue weighted by Crippen LogP contribution is 2.19. The molecule has 1 heterocycles. The number of nitrogens with zero attached hydrogens (tertiary/aromatic N) is 1. The van der Waals surface area contributed by atoms with Crippen molar-refractivity contribution in [1.82, 2.24) is 10.3 Å². The molecule has 0 aromatic carbocycles. The minimum Gasteiger partial charge on any atom is -0.348 e. The van der Waals surface area contributed by atoms with E-state index < -0.39 is 0 Å². The molecule has 0 radical (unpaired) electrons. The fraction of sp³-hybridized carbons (Fsp3) is 0.636. The van der Waals surface area contributed by atoms with Gasteiger partial charge in [0.15, 0.2) is 3.92 Å². The van der Waals surface area contributed by atoms with E-state index in [0.29, 0.717) is 11.7 Å². The largest absolute Gasteiger partial charge is 0.348 e. The summed E-state index contributed by atoms with van der Waals surface area (Å²) in [7, 11) is 0. The van der Waals surface area contributed by atoms with Crippen LogP contribution in [0.15, 0.2) is 9.30 Å². The SMILES string of the molecule is O=C(NC1CCCCCC1)c1csc(Br)n1. The predicted octanol–water partition coefficient (Wildman–Crippen LogP) is 3.36. The summed E-state index contributed by atoms with van der Waals surface area (Å²) in [6.45, 7) is 0. The van der Waals surface area contributed by atoms with E-state index >= 15 is 0 Å². The molecule has 1 amide bonds. The van der Waals surface area contributed by atoms with Gasteiger partial charge in [-0.3, -0.25) is 4.79 Å². The molecule has 0 atom stereocenters. The number of rotatable bonds is 2.